The van der Waals surface area contributed by atoms with E-state index in [2.05, 4.69) is 22.1 Å². The van der Waals surface area contributed by atoms with Gasteiger partial charge in [0.1, 0.15) is 11.5 Å². The second kappa shape index (κ2) is 9.58. The molecule has 1 atom stereocenters. The maximum absolute atomic E-state index is 15.1. The lowest BCUT2D eigenvalue weighted by Gasteiger charge is -2.45. The van der Waals surface area contributed by atoms with Crippen LogP contribution in [-0.4, -0.2) is 47.2 Å². The Hall–Kier alpha value is -4.58. The van der Waals surface area contributed by atoms with E-state index in [1.165, 1.54) is 7.05 Å². The SMILES string of the molecule is CNc1ncccc1C(=N)[C@]1(C)CC(=O)N(c2c(F)cc(C#Cc3ccccc3)cc2F)C(=O)N1C. The predicted molar refractivity (Wildman–Crippen MR) is 133 cm³/mol. The number of halogens is 2. The molecule has 182 valence electrons. The summed E-state index contributed by atoms with van der Waals surface area (Å²) in [5, 5.41) is 11.7. The second-order valence-electron chi connectivity index (χ2n) is 8.45. The summed E-state index contributed by atoms with van der Waals surface area (Å²) in [5.41, 5.74) is -1.04. The Labute approximate surface area is 207 Å². The van der Waals surface area contributed by atoms with Gasteiger partial charge in [-0.25, -0.2) is 23.5 Å². The number of carbonyl (C=O) groups is 2. The number of hydrogen-bond acceptors (Lipinski definition) is 5. The van der Waals surface area contributed by atoms with E-state index in [9.17, 15) is 9.59 Å². The monoisotopic (exact) mass is 487 g/mol. The van der Waals surface area contributed by atoms with Crippen molar-refractivity contribution in [3.8, 4) is 11.8 Å². The van der Waals surface area contributed by atoms with Gasteiger partial charge in [0.05, 0.1) is 17.7 Å². The molecule has 1 aromatic heterocycles. The van der Waals surface area contributed by atoms with Crippen LogP contribution in [0.3, 0.4) is 0 Å². The first kappa shape index (κ1) is 24.5. The van der Waals surface area contributed by atoms with Gasteiger partial charge in [0.2, 0.25) is 5.91 Å². The van der Waals surface area contributed by atoms with Gasteiger partial charge in [-0.05, 0) is 43.3 Å². The largest absolute Gasteiger partial charge is 0.373 e. The number of rotatable bonds is 4. The van der Waals surface area contributed by atoms with Gasteiger partial charge in [-0.1, -0.05) is 30.0 Å². The number of aromatic nitrogens is 1. The Kier molecular flexibility index (Phi) is 6.53. The fourth-order valence-corrected chi connectivity index (χ4v) is 4.05. The minimum atomic E-state index is -1.37. The zero-order valence-electron chi connectivity index (χ0n) is 19.9. The summed E-state index contributed by atoms with van der Waals surface area (Å²) < 4.78 is 30.2. The average molecular weight is 488 g/mol. The lowest BCUT2D eigenvalue weighted by molar-refractivity contribution is -0.120. The van der Waals surface area contributed by atoms with Gasteiger partial charge in [0, 0.05) is 37.0 Å². The summed E-state index contributed by atoms with van der Waals surface area (Å²) in [6, 6.07) is 13.2. The molecule has 2 aromatic carbocycles. The fourth-order valence-electron chi connectivity index (χ4n) is 4.05. The van der Waals surface area contributed by atoms with Crippen molar-refractivity contribution >= 4 is 29.2 Å². The minimum Gasteiger partial charge on any atom is -0.373 e. The smallest absolute Gasteiger partial charge is 0.332 e. The zero-order valence-corrected chi connectivity index (χ0v) is 19.9. The molecule has 1 saturated heterocycles. The van der Waals surface area contributed by atoms with Crippen LogP contribution in [0.25, 0.3) is 0 Å². The van der Waals surface area contributed by atoms with Gasteiger partial charge in [-0.2, -0.15) is 0 Å². The summed E-state index contributed by atoms with van der Waals surface area (Å²) in [6.07, 6.45) is 1.19. The summed E-state index contributed by atoms with van der Waals surface area (Å²) in [4.78, 5) is 32.2. The van der Waals surface area contributed by atoms with E-state index in [-0.39, 0.29) is 17.7 Å². The molecule has 4 rings (SSSR count). The van der Waals surface area contributed by atoms with E-state index in [4.69, 9.17) is 5.41 Å². The maximum atomic E-state index is 15.1. The van der Waals surface area contributed by atoms with Crippen molar-refractivity contribution in [2.24, 2.45) is 0 Å². The Balaban J connectivity index is 1.66. The normalized spacial score (nSPS) is 17.5. The van der Waals surface area contributed by atoms with E-state index >= 15 is 8.78 Å². The number of likely N-dealkylation sites (N-methyl/N-ethyl adjacent to an activating group) is 1. The number of benzene rings is 2. The van der Waals surface area contributed by atoms with Crippen molar-refractivity contribution in [1.29, 1.82) is 5.41 Å². The molecule has 1 aliphatic rings. The lowest BCUT2D eigenvalue weighted by Crippen LogP contribution is -2.65. The number of hydrogen-bond donors (Lipinski definition) is 2. The maximum Gasteiger partial charge on any atom is 0.332 e. The molecule has 1 aliphatic heterocycles. The van der Waals surface area contributed by atoms with Crippen molar-refractivity contribution in [2.45, 2.75) is 18.9 Å². The Morgan fingerprint density at radius 1 is 1.06 bits per heavy atom. The zero-order chi connectivity index (χ0) is 26.0. The van der Waals surface area contributed by atoms with E-state index in [1.807, 2.05) is 6.07 Å². The molecule has 0 unspecified atom stereocenters. The highest BCUT2D eigenvalue weighted by Crippen LogP contribution is 2.36. The highest BCUT2D eigenvalue weighted by Gasteiger charge is 2.49. The van der Waals surface area contributed by atoms with E-state index in [1.54, 1.807) is 56.6 Å². The van der Waals surface area contributed by atoms with E-state index < -0.39 is 34.8 Å². The molecule has 3 amide bonds. The van der Waals surface area contributed by atoms with Crippen LogP contribution in [0.15, 0.2) is 60.8 Å². The second-order valence-corrected chi connectivity index (χ2v) is 8.45. The van der Waals surface area contributed by atoms with Crippen LogP contribution < -0.4 is 10.2 Å². The van der Waals surface area contributed by atoms with Gasteiger partial charge in [-0.15, -0.1) is 0 Å². The van der Waals surface area contributed by atoms with Crippen molar-refractivity contribution in [1.82, 2.24) is 9.88 Å². The molecular formula is C27H23F2N5O2. The van der Waals surface area contributed by atoms with E-state index in [0.29, 0.717) is 21.8 Å². The molecule has 2 heterocycles. The van der Waals surface area contributed by atoms with Crippen molar-refractivity contribution in [3.05, 3.63) is 89.1 Å². The summed E-state index contributed by atoms with van der Waals surface area (Å²) in [7, 11) is 3.03. The van der Waals surface area contributed by atoms with E-state index in [0.717, 1.165) is 17.0 Å². The van der Waals surface area contributed by atoms with Crippen LogP contribution in [0.1, 0.15) is 30.0 Å². The van der Waals surface area contributed by atoms with Crippen LogP contribution in [-0.2, 0) is 4.79 Å². The first-order chi connectivity index (χ1) is 17.2. The number of imide groups is 1. The van der Waals surface area contributed by atoms with Gasteiger partial charge >= 0.3 is 6.03 Å². The molecule has 0 spiro atoms. The van der Waals surface area contributed by atoms with Crippen LogP contribution in [0, 0.1) is 28.9 Å². The third-order valence-electron chi connectivity index (χ3n) is 6.18. The fraction of sp³-hybridized carbons (Fsp3) is 0.185. The van der Waals surface area contributed by atoms with Crippen LogP contribution >= 0.6 is 0 Å². The van der Waals surface area contributed by atoms with Crippen LogP contribution in [0.4, 0.5) is 25.1 Å². The topological polar surface area (TPSA) is 89.4 Å². The summed E-state index contributed by atoms with van der Waals surface area (Å²) in [5.74, 6) is 2.90. The van der Waals surface area contributed by atoms with Crippen molar-refractivity contribution < 1.29 is 18.4 Å². The quantitative estimate of drug-likeness (QED) is 0.421. The molecule has 2 N–H and O–H groups in total. The van der Waals surface area contributed by atoms with Gasteiger partial charge < -0.3 is 15.6 Å². The molecule has 0 bridgehead atoms. The Morgan fingerprint density at radius 3 is 2.33 bits per heavy atom. The van der Waals surface area contributed by atoms with Crippen molar-refractivity contribution in [2.75, 3.05) is 24.3 Å². The summed E-state index contributed by atoms with van der Waals surface area (Å²) >= 11 is 0. The van der Waals surface area contributed by atoms with Gasteiger partial charge in [-0.3, -0.25) is 4.79 Å². The first-order valence-corrected chi connectivity index (χ1v) is 11.1. The number of urea groups is 1. The highest BCUT2D eigenvalue weighted by molar-refractivity contribution is 6.22. The van der Waals surface area contributed by atoms with Crippen molar-refractivity contribution in [3.63, 3.8) is 0 Å². The molecule has 0 radical (unpaired) electrons. The van der Waals surface area contributed by atoms with Gasteiger partial charge in [0.15, 0.2) is 11.6 Å². The minimum absolute atomic E-state index is 0.0312. The Bertz CT molecular complexity index is 1410. The first-order valence-electron chi connectivity index (χ1n) is 11.1. The number of anilines is 2. The molecule has 7 nitrogen and oxygen atoms in total. The third kappa shape index (κ3) is 4.29. The molecule has 36 heavy (non-hydrogen) atoms. The Morgan fingerprint density at radius 2 is 1.69 bits per heavy atom. The number of amides is 3. The van der Waals surface area contributed by atoms with Crippen LogP contribution in [0.5, 0.6) is 0 Å². The molecule has 3 aromatic rings. The molecule has 1 fully saturated rings. The number of pyridine rings is 1. The third-order valence-corrected chi connectivity index (χ3v) is 6.18. The van der Waals surface area contributed by atoms with Crippen LogP contribution in [0.2, 0.25) is 0 Å². The predicted octanol–water partition coefficient (Wildman–Crippen LogP) is 4.42. The number of nitrogens with zero attached hydrogens (tertiary/aromatic N) is 3. The highest BCUT2D eigenvalue weighted by atomic mass is 19.1. The number of nitrogens with one attached hydrogen (secondary N) is 2. The molecule has 0 saturated carbocycles. The average Bonchev–Trinajstić information content (AvgIpc) is 2.87. The summed E-state index contributed by atoms with van der Waals surface area (Å²) in [6.45, 7) is 1.56. The molecule has 9 heteroatoms. The molecular weight excluding hydrogens is 464 g/mol. The number of carbonyl (C=O) groups excluding carboxylic acids is 2. The van der Waals surface area contributed by atoms with Gasteiger partial charge in [0.25, 0.3) is 0 Å². The standard InChI is InChI=1S/C27H23F2N5O2/c1-27(24(30)19-10-7-13-32-25(19)31-2)16-22(35)34(26(36)33(27)3)23-20(28)14-18(15-21(23)29)12-11-17-8-5-4-6-9-17/h4-10,13-15,30H,16H2,1-3H3,(H,31,32)/t27-/m0/s1. The lowest BCUT2D eigenvalue weighted by atomic mass is 9.83. The molecule has 0 aliphatic carbocycles.